The van der Waals surface area contributed by atoms with Crippen molar-refractivity contribution in [1.82, 2.24) is 14.7 Å². The number of carbonyl (C=O) groups excluding carboxylic acids is 1. The second-order valence-corrected chi connectivity index (χ2v) is 8.12. The molecule has 1 aliphatic rings. The molecule has 4 heterocycles. The molecule has 24 heavy (non-hydrogen) atoms. The quantitative estimate of drug-likeness (QED) is 0.715. The number of aromatic nitrogens is 2. The van der Waals surface area contributed by atoms with Crippen molar-refractivity contribution < 1.29 is 4.79 Å². The van der Waals surface area contributed by atoms with Crippen molar-refractivity contribution in [3.63, 3.8) is 0 Å². The summed E-state index contributed by atoms with van der Waals surface area (Å²) in [5.74, 6) is 0.136. The highest BCUT2D eigenvalue weighted by Crippen LogP contribution is 2.39. The Bertz CT molecular complexity index is 863. The van der Waals surface area contributed by atoms with Gasteiger partial charge in [-0.05, 0) is 54.8 Å². The Morgan fingerprint density at radius 3 is 2.88 bits per heavy atom. The fourth-order valence-corrected chi connectivity index (χ4v) is 5.15. The van der Waals surface area contributed by atoms with Gasteiger partial charge in [0.05, 0.1) is 11.7 Å². The van der Waals surface area contributed by atoms with E-state index in [-0.39, 0.29) is 11.9 Å². The minimum Gasteiger partial charge on any atom is -0.329 e. The number of hydrogen-bond donors (Lipinski definition) is 0. The molecule has 0 bridgehead atoms. The van der Waals surface area contributed by atoms with Crippen LogP contribution in [0.5, 0.6) is 0 Å². The van der Waals surface area contributed by atoms with E-state index in [4.69, 9.17) is 0 Å². The lowest BCUT2D eigenvalue weighted by Crippen LogP contribution is -2.41. The summed E-state index contributed by atoms with van der Waals surface area (Å²) < 4.78 is 1.81. The highest BCUT2D eigenvalue weighted by molar-refractivity contribution is 7.10. The van der Waals surface area contributed by atoms with Gasteiger partial charge in [0.25, 0.3) is 0 Å². The predicted molar refractivity (Wildman–Crippen MR) is 97.6 cm³/mol. The molecular formula is C18H19N3OS2. The molecule has 0 radical (unpaired) electrons. The van der Waals surface area contributed by atoms with E-state index in [1.165, 1.54) is 15.3 Å². The van der Waals surface area contributed by atoms with Crippen LogP contribution < -0.4 is 0 Å². The maximum atomic E-state index is 13.0. The Morgan fingerprint density at radius 2 is 2.17 bits per heavy atom. The molecular weight excluding hydrogens is 338 g/mol. The number of hydrogen-bond acceptors (Lipinski definition) is 4. The van der Waals surface area contributed by atoms with Crippen molar-refractivity contribution in [2.75, 3.05) is 6.54 Å². The third-order valence-electron chi connectivity index (χ3n) is 4.49. The van der Waals surface area contributed by atoms with Gasteiger partial charge in [0, 0.05) is 22.0 Å². The van der Waals surface area contributed by atoms with Crippen molar-refractivity contribution in [1.29, 1.82) is 0 Å². The molecule has 0 aliphatic carbocycles. The first-order chi connectivity index (χ1) is 11.6. The first-order valence-corrected chi connectivity index (χ1v) is 9.79. The van der Waals surface area contributed by atoms with Gasteiger partial charge in [0.15, 0.2) is 0 Å². The normalized spacial score (nSPS) is 17.1. The third kappa shape index (κ3) is 2.70. The molecule has 1 aliphatic heterocycles. The average molecular weight is 358 g/mol. The lowest BCUT2D eigenvalue weighted by molar-refractivity contribution is -0.134. The zero-order valence-electron chi connectivity index (χ0n) is 13.7. The Kier molecular flexibility index (Phi) is 4.02. The number of fused-ring (bicyclic) bond motifs is 1. The summed E-state index contributed by atoms with van der Waals surface area (Å²) in [6.07, 6.45) is 0.942. The minimum atomic E-state index is 0.0458. The lowest BCUT2D eigenvalue weighted by atomic mass is 9.98. The van der Waals surface area contributed by atoms with Gasteiger partial charge in [-0.15, -0.1) is 22.7 Å². The Balaban J connectivity index is 1.66. The van der Waals surface area contributed by atoms with Gasteiger partial charge in [-0.2, -0.15) is 5.10 Å². The van der Waals surface area contributed by atoms with Crippen molar-refractivity contribution in [2.45, 2.75) is 32.9 Å². The van der Waals surface area contributed by atoms with Gasteiger partial charge >= 0.3 is 0 Å². The minimum absolute atomic E-state index is 0.0458. The highest BCUT2D eigenvalue weighted by atomic mass is 32.1. The Morgan fingerprint density at radius 1 is 1.29 bits per heavy atom. The van der Waals surface area contributed by atoms with Crippen LogP contribution in [-0.2, 0) is 17.8 Å². The average Bonchev–Trinajstić information content (AvgIpc) is 3.28. The number of carbonyl (C=O) groups is 1. The molecule has 0 unspecified atom stereocenters. The van der Waals surface area contributed by atoms with Crippen molar-refractivity contribution >= 4 is 28.6 Å². The Hall–Kier alpha value is -1.92. The molecule has 124 valence electrons. The van der Waals surface area contributed by atoms with Gasteiger partial charge in [-0.1, -0.05) is 6.07 Å². The number of thiophene rings is 2. The molecule has 0 spiro atoms. The molecule has 0 saturated carbocycles. The zero-order chi connectivity index (χ0) is 16.7. The molecule has 1 atom stereocenters. The molecule has 1 amide bonds. The molecule has 0 N–H and O–H groups in total. The molecule has 0 aromatic carbocycles. The van der Waals surface area contributed by atoms with Crippen LogP contribution in [0, 0.1) is 13.8 Å². The van der Waals surface area contributed by atoms with E-state index in [0.29, 0.717) is 6.54 Å². The lowest BCUT2D eigenvalue weighted by Gasteiger charge is -2.35. The van der Waals surface area contributed by atoms with Crippen molar-refractivity contribution in [3.8, 4) is 0 Å². The van der Waals surface area contributed by atoms with Crippen LogP contribution in [0.25, 0.3) is 0 Å². The fourth-order valence-electron chi connectivity index (χ4n) is 3.39. The summed E-state index contributed by atoms with van der Waals surface area (Å²) in [6, 6.07) is 8.42. The van der Waals surface area contributed by atoms with E-state index in [2.05, 4.69) is 34.1 Å². The highest BCUT2D eigenvalue weighted by Gasteiger charge is 2.33. The predicted octanol–water partition coefficient (Wildman–Crippen LogP) is 3.80. The molecule has 3 aromatic heterocycles. The SMILES string of the molecule is Cc1cc(C)n(CC(=O)N2CCc3sccc3[C@@H]2c2cccs2)n1. The largest absolute Gasteiger partial charge is 0.329 e. The topological polar surface area (TPSA) is 38.1 Å². The maximum Gasteiger partial charge on any atom is 0.245 e. The summed E-state index contributed by atoms with van der Waals surface area (Å²) in [7, 11) is 0. The van der Waals surface area contributed by atoms with E-state index in [1.54, 1.807) is 22.7 Å². The van der Waals surface area contributed by atoms with Crippen LogP contribution in [0.2, 0.25) is 0 Å². The van der Waals surface area contributed by atoms with Crippen LogP contribution in [0.15, 0.2) is 35.0 Å². The van der Waals surface area contributed by atoms with Crippen LogP contribution in [0.1, 0.15) is 32.7 Å². The van der Waals surface area contributed by atoms with Gasteiger partial charge < -0.3 is 4.90 Å². The summed E-state index contributed by atoms with van der Waals surface area (Å²) in [6.45, 7) is 5.04. The molecule has 4 rings (SSSR count). The van der Waals surface area contributed by atoms with E-state index >= 15 is 0 Å². The number of rotatable bonds is 3. The van der Waals surface area contributed by atoms with E-state index in [9.17, 15) is 4.79 Å². The van der Waals surface area contributed by atoms with E-state index < -0.39 is 0 Å². The van der Waals surface area contributed by atoms with Gasteiger partial charge in [-0.25, -0.2) is 0 Å². The van der Waals surface area contributed by atoms with Crippen LogP contribution in [0.4, 0.5) is 0 Å². The fraction of sp³-hybridized carbons (Fsp3) is 0.333. The van der Waals surface area contributed by atoms with E-state index in [1.807, 2.05) is 29.5 Å². The Labute approximate surface area is 149 Å². The standard InChI is InChI=1S/C18H19N3OS2/c1-12-10-13(2)21(19-12)11-17(22)20-7-5-15-14(6-9-24-15)18(20)16-4-3-8-23-16/h3-4,6,8-10,18H,5,7,11H2,1-2H3/t18-/m1/s1. The van der Waals surface area contributed by atoms with Gasteiger partial charge in [0.1, 0.15) is 6.54 Å². The second kappa shape index (κ2) is 6.18. The van der Waals surface area contributed by atoms with Crippen molar-refractivity contribution in [2.24, 2.45) is 0 Å². The summed E-state index contributed by atoms with van der Waals surface area (Å²) in [4.78, 5) is 17.7. The number of amides is 1. The van der Waals surface area contributed by atoms with Crippen LogP contribution >= 0.6 is 22.7 Å². The first kappa shape index (κ1) is 15.6. The maximum absolute atomic E-state index is 13.0. The molecule has 3 aromatic rings. The number of nitrogens with zero attached hydrogens (tertiary/aromatic N) is 3. The molecule has 0 saturated heterocycles. The second-order valence-electron chi connectivity index (χ2n) is 6.14. The summed E-state index contributed by atoms with van der Waals surface area (Å²) in [5.41, 5.74) is 3.27. The summed E-state index contributed by atoms with van der Waals surface area (Å²) in [5, 5.41) is 8.66. The summed E-state index contributed by atoms with van der Waals surface area (Å²) >= 11 is 3.52. The molecule has 0 fully saturated rings. The molecule has 6 heteroatoms. The van der Waals surface area contributed by atoms with Crippen LogP contribution in [0.3, 0.4) is 0 Å². The monoisotopic (exact) mass is 357 g/mol. The first-order valence-electron chi connectivity index (χ1n) is 8.03. The third-order valence-corrected chi connectivity index (χ3v) is 6.41. The molecule has 4 nitrogen and oxygen atoms in total. The zero-order valence-corrected chi connectivity index (χ0v) is 15.4. The van der Waals surface area contributed by atoms with Crippen LogP contribution in [-0.4, -0.2) is 27.1 Å². The van der Waals surface area contributed by atoms with Crippen molar-refractivity contribution in [3.05, 3.63) is 61.7 Å². The number of aryl methyl sites for hydroxylation is 2. The van der Waals surface area contributed by atoms with Gasteiger partial charge in [0.2, 0.25) is 5.91 Å². The van der Waals surface area contributed by atoms with E-state index in [0.717, 1.165) is 24.4 Å². The smallest absolute Gasteiger partial charge is 0.245 e. The van der Waals surface area contributed by atoms with Gasteiger partial charge in [-0.3, -0.25) is 9.48 Å².